The molecule has 1 aromatic carbocycles. The Balaban J connectivity index is 2.76. The summed E-state index contributed by atoms with van der Waals surface area (Å²) in [5.74, 6) is 6.52. The molecule has 1 rings (SSSR count). The van der Waals surface area contributed by atoms with Gasteiger partial charge in [0.1, 0.15) is 5.75 Å². The summed E-state index contributed by atoms with van der Waals surface area (Å²) in [6.45, 7) is 8.12. The van der Waals surface area contributed by atoms with Gasteiger partial charge in [-0.15, -0.1) is 0 Å². The molecule has 1 aromatic rings. The third-order valence-corrected chi connectivity index (χ3v) is 3.10. The van der Waals surface area contributed by atoms with E-state index in [1.165, 1.54) is 0 Å². The Morgan fingerprint density at radius 2 is 1.79 bits per heavy atom. The van der Waals surface area contributed by atoms with Gasteiger partial charge in [0.05, 0.1) is 11.7 Å². The zero-order valence-corrected chi connectivity index (χ0v) is 12.6. The van der Waals surface area contributed by atoms with E-state index in [2.05, 4.69) is 5.43 Å². The zero-order chi connectivity index (χ0) is 14.5. The Hall–Kier alpha value is -1.10. The molecule has 0 saturated carbocycles. The molecule has 0 bridgehead atoms. The van der Waals surface area contributed by atoms with E-state index in [9.17, 15) is 0 Å². The van der Waals surface area contributed by atoms with Gasteiger partial charge in [-0.25, -0.2) is 0 Å². The van der Waals surface area contributed by atoms with Crippen molar-refractivity contribution in [3.8, 4) is 5.75 Å². The molecule has 0 fully saturated rings. The Morgan fingerprint density at radius 3 is 2.21 bits per heavy atom. The quantitative estimate of drug-likeness (QED) is 0.588. The van der Waals surface area contributed by atoms with Crippen molar-refractivity contribution in [2.75, 3.05) is 7.11 Å². The van der Waals surface area contributed by atoms with Crippen LogP contribution < -0.4 is 16.0 Å². The van der Waals surface area contributed by atoms with Crippen LogP contribution in [0.15, 0.2) is 24.3 Å². The SMILES string of the molecule is COC(C)(C)CC(NN)c1ccc(OC(C)C)cc1. The second-order valence-corrected chi connectivity index (χ2v) is 5.62. The molecular weight excluding hydrogens is 240 g/mol. The van der Waals surface area contributed by atoms with Crippen molar-refractivity contribution in [1.82, 2.24) is 5.43 Å². The lowest BCUT2D eigenvalue weighted by Gasteiger charge is -2.28. The van der Waals surface area contributed by atoms with Crippen molar-refractivity contribution >= 4 is 0 Å². The van der Waals surface area contributed by atoms with Gasteiger partial charge in [0, 0.05) is 13.2 Å². The lowest BCUT2D eigenvalue weighted by Crippen LogP contribution is -2.35. The highest BCUT2D eigenvalue weighted by Crippen LogP contribution is 2.26. The molecule has 19 heavy (non-hydrogen) atoms. The molecule has 1 unspecified atom stereocenters. The molecule has 4 heteroatoms. The maximum atomic E-state index is 5.65. The van der Waals surface area contributed by atoms with Crippen LogP contribution >= 0.6 is 0 Å². The maximum Gasteiger partial charge on any atom is 0.119 e. The number of hydrogen-bond acceptors (Lipinski definition) is 4. The van der Waals surface area contributed by atoms with Gasteiger partial charge < -0.3 is 9.47 Å². The van der Waals surface area contributed by atoms with Crippen LogP contribution in [-0.4, -0.2) is 18.8 Å². The summed E-state index contributed by atoms with van der Waals surface area (Å²) in [5, 5.41) is 0. The number of ether oxygens (including phenoxy) is 2. The van der Waals surface area contributed by atoms with Crippen molar-refractivity contribution in [2.24, 2.45) is 5.84 Å². The van der Waals surface area contributed by atoms with E-state index in [1.807, 2.05) is 52.0 Å². The highest BCUT2D eigenvalue weighted by molar-refractivity contribution is 5.29. The minimum atomic E-state index is -0.218. The second-order valence-electron chi connectivity index (χ2n) is 5.62. The average Bonchev–Trinajstić information content (AvgIpc) is 2.36. The molecule has 0 radical (unpaired) electrons. The van der Waals surface area contributed by atoms with Crippen molar-refractivity contribution in [2.45, 2.75) is 51.9 Å². The van der Waals surface area contributed by atoms with Crippen molar-refractivity contribution in [1.29, 1.82) is 0 Å². The van der Waals surface area contributed by atoms with E-state index in [4.69, 9.17) is 15.3 Å². The molecule has 0 aliphatic heterocycles. The maximum absolute atomic E-state index is 5.65. The summed E-state index contributed by atoms with van der Waals surface area (Å²) in [7, 11) is 1.72. The molecule has 3 N–H and O–H groups in total. The molecule has 108 valence electrons. The number of nitrogens with one attached hydrogen (secondary N) is 1. The number of benzene rings is 1. The number of methoxy groups -OCH3 is 1. The summed E-state index contributed by atoms with van der Waals surface area (Å²) < 4.78 is 11.1. The third kappa shape index (κ3) is 5.19. The topological polar surface area (TPSA) is 56.5 Å². The lowest BCUT2D eigenvalue weighted by atomic mass is 9.94. The van der Waals surface area contributed by atoms with Gasteiger partial charge in [0.2, 0.25) is 0 Å². The van der Waals surface area contributed by atoms with Gasteiger partial charge in [-0.2, -0.15) is 0 Å². The molecule has 0 spiro atoms. The molecule has 0 aliphatic carbocycles. The Labute approximate surface area is 116 Å². The fraction of sp³-hybridized carbons (Fsp3) is 0.600. The lowest BCUT2D eigenvalue weighted by molar-refractivity contribution is 0.00681. The van der Waals surface area contributed by atoms with Crippen LogP contribution in [-0.2, 0) is 4.74 Å². The van der Waals surface area contributed by atoms with Crippen molar-refractivity contribution in [3.63, 3.8) is 0 Å². The fourth-order valence-electron chi connectivity index (χ4n) is 1.90. The van der Waals surface area contributed by atoms with Gasteiger partial charge in [-0.05, 0) is 51.8 Å². The second kappa shape index (κ2) is 6.89. The zero-order valence-electron chi connectivity index (χ0n) is 12.6. The first-order valence-corrected chi connectivity index (χ1v) is 6.66. The molecular formula is C15H26N2O2. The van der Waals surface area contributed by atoms with Crippen LogP contribution in [0, 0.1) is 0 Å². The average molecular weight is 266 g/mol. The molecule has 0 heterocycles. The van der Waals surface area contributed by atoms with E-state index < -0.39 is 0 Å². The van der Waals surface area contributed by atoms with Crippen molar-refractivity contribution < 1.29 is 9.47 Å². The summed E-state index contributed by atoms with van der Waals surface area (Å²) in [6, 6.07) is 8.07. The van der Waals surface area contributed by atoms with Crippen LogP contribution in [0.25, 0.3) is 0 Å². The molecule has 4 nitrogen and oxygen atoms in total. The number of nitrogens with two attached hydrogens (primary N) is 1. The largest absolute Gasteiger partial charge is 0.491 e. The van der Waals surface area contributed by atoms with Crippen LogP contribution in [0.3, 0.4) is 0 Å². The van der Waals surface area contributed by atoms with Crippen molar-refractivity contribution in [3.05, 3.63) is 29.8 Å². The van der Waals surface area contributed by atoms with Crippen LogP contribution in [0.2, 0.25) is 0 Å². The van der Waals surface area contributed by atoms with Gasteiger partial charge >= 0.3 is 0 Å². The van der Waals surface area contributed by atoms with E-state index in [-0.39, 0.29) is 17.7 Å². The highest BCUT2D eigenvalue weighted by atomic mass is 16.5. The third-order valence-electron chi connectivity index (χ3n) is 3.10. The Kier molecular flexibility index (Phi) is 5.79. The minimum Gasteiger partial charge on any atom is -0.491 e. The molecule has 0 saturated heterocycles. The number of rotatable bonds is 7. The van der Waals surface area contributed by atoms with Gasteiger partial charge in [0.15, 0.2) is 0 Å². The predicted molar refractivity (Wildman–Crippen MR) is 78.0 cm³/mol. The van der Waals surface area contributed by atoms with Gasteiger partial charge in [-0.3, -0.25) is 11.3 Å². The van der Waals surface area contributed by atoms with Crippen LogP contribution in [0.4, 0.5) is 0 Å². The van der Waals surface area contributed by atoms with Crippen LogP contribution in [0.1, 0.15) is 45.7 Å². The number of hydrogen-bond donors (Lipinski definition) is 2. The van der Waals surface area contributed by atoms with Gasteiger partial charge in [-0.1, -0.05) is 12.1 Å². The number of hydrazine groups is 1. The first kappa shape index (κ1) is 16.0. The molecule has 0 amide bonds. The smallest absolute Gasteiger partial charge is 0.119 e. The van der Waals surface area contributed by atoms with Gasteiger partial charge in [0.25, 0.3) is 0 Å². The Morgan fingerprint density at radius 1 is 1.21 bits per heavy atom. The van der Waals surface area contributed by atoms with E-state index >= 15 is 0 Å². The standard InChI is InChI=1S/C15H26N2O2/c1-11(2)19-13-8-6-12(7-9-13)14(17-16)10-15(3,4)18-5/h6-9,11,14,17H,10,16H2,1-5H3. The fourth-order valence-corrected chi connectivity index (χ4v) is 1.90. The highest BCUT2D eigenvalue weighted by Gasteiger charge is 2.23. The van der Waals surface area contributed by atoms with E-state index in [1.54, 1.807) is 7.11 Å². The van der Waals surface area contributed by atoms with E-state index in [0.29, 0.717) is 0 Å². The molecule has 0 aliphatic rings. The Bertz CT molecular complexity index is 374. The minimum absolute atomic E-state index is 0.0584. The summed E-state index contributed by atoms with van der Waals surface area (Å²) in [4.78, 5) is 0. The molecule has 1 atom stereocenters. The summed E-state index contributed by atoms with van der Waals surface area (Å²) in [5.41, 5.74) is 3.76. The monoisotopic (exact) mass is 266 g/mol. The first-order valence-electron chi connectivity index (χ1n) is 6.66. The summed E-state index contributed by atoms with van der Waals surface area (Å²) in [6.07, 6.45) is 0.978. The first-order chi connectivity index (χ1) is 8.88. The normalized spacial score (nSPS) is 13.6. The predicted octanol–water partition coefficient (Wildman–Crippen LogP) is 2.79. The molecule has 0 aromatic heterocycles. The van der Waals surface area contributed by atoms with Crippen LogP contribution in [0.5, 0.6) is 5.75 Å². The van der Waals surface area contributed by atoms with E-state index in [0.717, 1.165) is 17.7 Å². The summed E-state index contributed by atoms with van der Waals surface area (Å²) >= 11 is 0.